The van der Waals surface area contributed by atoms with Gasteiger partial charge >= 0.3 is 0 Å². The second-order valence-electron chi connectivity index (χ2n) is 28.1. The van der Waals surface area contributed by atoms with E-state index in [4.69, 9.17) is 5.26 Å². The molecule has 0 spiro atoms. The van der Waals surface area contributed by atoms with E-state index in [2.05, 4.69) is 51.8 Å². The predicted molar refractivity (Wildman–Crippen MR) is 407 cm³/mol. The summed E-state index contributed by atoms with van der Waals surface area (Å²) in [6, 6.07) is 41.7. The maximum atomic E-state index is 13.9. The molecule has 10 heterocycles. The summed E-state index contributed by atoms with van der Waals surface area (Å²) in [6.45, 7) is 21.7. The number of hydrogen-bond acceptors (Lipinski definition) is 17. The van der Waals surface area contributed by atoms with Crippen molar-refractivity contribution in [1.82, 2.24) is 47.3 Å². The molecule has 0 saturated carbocycles. The van der Waals surface area contributed by atoms with Crippen molar-refractivity contribution in [3.05, 3.63) is 313 Å². The Kier molecular flexibility index (Phi) is 25.4. The SMILES string of the molecule is CC(=O)Nc1cccc(C(C)N2CCn3cc(O)c(=O)cc3C2)c1.CC(c1cc(F)ccc1F)N1CCn2cc(O)c(=O)cc2C1.CC(c1ccc(F)cc1)N1CCn2cc(O)c(=O)cc2C1.CC(c1cccc(C#N)c1)N1CCn2cc(O)c(=O)cc2C1.CC(c1ccccc1F)N1CCn2cc(O)c(=O)cc2C1. The average Bonchev–Trinajstić information content (AvgIpc) is 0.829. The van der Waals surface area contributed by atoms with Crippen molar-refractivity contribution < 1.29 is 47.9 Å². The number of aromatic hydroxyl groups is 5. The first-order valence-corrected chi connectivity index (χ1v) is 36.2. The number of nitrogens with zero attached hydrogens (tertiary/aromatic N) is 11. The number of hydrogen-bond donors (Lipinski definition) is 6. The summed E-state index contributed by atoms with van der Waals surface area (Å²) in [5.74, 6) is -2.57. The van der Waals surface area contributed by atoms with Crippen molar-refractivity contribution in [2.75, 3.05) is 38.0 Å². The number of halogens is 4. The van der Waals surface area contributed by atoms with Crippen LogP contribution in [0.2, 0.25) is 0 Å². The van der Waals surface area contributed by atoms with Crippen molar-refractivity contribution in [1.29, 1.82) is 5.26 Å². The fourth-order valence-electron chi connectivity index (χ4n) is 14.4. The summed E-state index contributed by atoms with van der Waals surface area (Å²) in [6.07, 6.45) is 7.41. The van der Waals surface area contributed by atoms with Gasteiger partial charge in [-0.25, -0.2) is 17.6 Å². The monoisotopic (exact) mass is 1500 g/mol. The number of pyridine rings is 5. The number of nitriles is 1. The smallest absolute Gasteiger partial charge is 0.223 e. The van der Waals surface area contributed by atoms with Gasteiger partial charge in [-0.05, 0) is 112 Å². The molecular formula is C83H88F4N12O11. The van der Waals surface area contributed by atoms with Gasteiger partial charge in [0.1, 0.15) is 23.3 Å². The quantitative estimate of drug-likeness (QED) is 0.0657. The van der Waals surface area contributed by atoms with Crippen molar-refractivity contribution in [2.45, 2.75) is 137 Å². The van der Waals surface area contributed by atoms with Gasteiger partial charge in [0.05, 0.1) is 42.6 Å². The van der Waals surface area contributed by atoms with Crippen LogP contribution in [-0.2, 0) is 70.2 Å². The van der Waals surface area contributed by atoms with Gasteiger partial charge in [-0.15, -0.1) is 0 Å². The van der Waals surface area contributed by atoms with Gasteiger partial charge < -0.3 is 53.7 Å². The molecule has 5 atom stereocenters. The molecule has 0 aliphatic carbocycles. The van der Waals surface area contributed by atoms with E-state index in [1.807, 2.05) is 90.1 Å². The highest BCUT2D eigenvalue weighted by molar-refractivity contribution is 5.88. The highest BCUT2D eigenvalue weighted by atomic mass is 19.1. The van der Waals surface area contributed by atoms with Crippen LogP contribution in [0.1, 0.15) is 134 Å². The number of nitrogens with one attached hydrogen (secondary N) is 1. The number of fused-ring (bicyclic) bond motifs is 5. The van der Waals surface area contributed by atoms with E-state index in [0.717, 1.165) is 102 Å². The Hall–Kier alpha value is -11.7. The second kappa shape index (κ2) is 35.1. The third kappa shape index (κ3) is 19.2. The van der Waals surface area contributed by atoms with Gasteiger partial charge in [-0.3, -0.25) is 53.3 Å². The first kappa shape index (κ1) is 79.4. The molecule has 0 radical (unpaired) electrons. The van der Waals surface area contributed by atoms with Crippen LogP contribution in [0.25, 0.3) is 0 Å². The molecule has 6 N–H and O–H groups in total. The van der Waals surface area contributed by atoms with Crippen LogP contribution >= 0.6 is 0 Å². The van der Waals surface area contributed by atoms with Crippen LogP contribution in [0, 0.1) is 34.6 Å². The molecule has 0 saturated heterocycles. The van der Waals surface area contributed by atoms with Gasteiger partial charge in [-0.2, -0.15) is 5.26 Å². The average molecular weight is 1510 g/mol. The Bertz CT molecular complexity index is 5370. The van der Waals surface area contributed by atoms with Gasteiger partial charge in [0.15, 0.2) is 28.7 Å². The molecule has 1 amide bonds. The van der Waals surface area contributed by atoms with E-state index in [9.17, 15) is 71.9 Å². The molecule has 5 aromatic carbocycles. The number of carbonyl (C=O) groups excluding carboxylic acids is 1. The zero-order valence-electron chi connectivity index (χ0n) is 61.9. The minimum Gasteiger partial charge on any atom is -0.503 e. The largest absolute Gasteiger partial charge is 0.503 e. The topological polar surface area (TPSA) is 280 Å². The Morgan fingerprint density at radius 2 is 0.709 bits per heavy atom. The molecule has 10 aromatic rings. The molecule has 5 aromatic heterocycles. The van der Waals surface area contributed by atoms with E-state index in [1.54, 1.807) is 30.3 Å². The van der Waals surface area contributed by atoms with Gasteiger partial charge in [0.25, 0.3) is 0 Å². The van der Waals surface area contributed by atoms with Crippen molar-refractivity contribution in [2.24, 2.45) is 0 Å². The van der Waals surface area contributed by atoms with Gasteiger partial charge in [0.2, 0.25) is 33.1 Å². The number of anilines is 1. The van der Waals surface area contributed by atoms with Crippen molar-refractivity contribution >= 4 is 11.6 Å². The molecule has 15 rings (SSSR count). The molecule has 5 aliphatic heterocycles. The normalized spacial score (nSPS) is 16.1. The number of aromatic nitrogens is 5. The third-order valence-corrected chi connectivity index (χ3v) is 21.0. The zero-order chi connectivity index (χ0) is 78.8. The first-order chi connectivity index (χ1) is 52.6. The summed E-state index contributed by atoms with van der Waals surface area (Å²) < 4.78 is 63.6. The fraction of sp³-hybridized carbons (Fsp3) is 0.313. The summed E-state index contributed by atoms with van der Waals surface area (Å²) in [5, 5.41) is 59.3. The predicted octanol–water partition coefficient (Wildman–Crippen LogP) is 11.0. The Morgan fingerprint density at radius 3 is 1.09 bits per heavy atom. The van der Waals surface area contributed by atoms with E-state index >= 15 is 0 Å². The lowest BCUT2D eigenvalue weighted by atomic mass is 10.0. The highest BCUT2D eigenvalue weighted by Gasteiger charge is 2.29. The second-order valence-corrected chi connectivity index (χ2v) is 28.1. The molecule has 5 unspecified atom stereocenters. The van der Waals surface area contributed by atoms with E-state index in [-0.39, 0.29) is 98.2 Å². The molecule has 5 aliphatic rings. The van der Waals surface area contributed by atoms with E-state index in [0.29, 0.717) is 75.6 Å². The minimum absolute atomic E-state index is 0.0659. The Balaban J connectivity index is 0.000000136. The van der Waals surface area contributed by atoms with Gasteiger partial charge in [0, 0.05) is 211 Å². The molecule has 27 heteroatoms. The Morgan fingerprint density at radius 1 is 0.373 bits per heavy atom. The maximum absolute atomic E-state index is 13.9. The molecule has 574 valence electrons. The van der Waals surface area contributed by atoms with Crippen LogP contribution in [0.3, 0.4) is 0 Å². The van der Waals surface area contributed by atoms with Crippen LogP contribution < -0.4 is 32.5 Å². The summed E-state index contributed by atoms with van der Waals surface area (Å²) in [5.41, 5.74) is 8.08. The summed E-state index contributed by atoms with van der Waals surface area (Å²) in [4.78, 5) is 80.0. The number of carbonyl (C=O) groups is 1. The maximum Gasteiger partial charge on any atom is 0.223 e. The van der Waals surface area contributed by atoms with E-state index < -0.39 is 17.1 Å². The third-order valence-electron chi connectivity index (χ3n) is 21.0. The van der Waals surface area contributed by atoms with Crippen LogP contribution in [-0.4, -0.2) is 111 Å². The molecule has 0 fully saturated rings. The lowest BCUT2D eigenvalue weighted by molar-refractivity contribution is -0.114. The van der Waals surface area contributed by atoms with Crippen LogP contribution in [0.4, 0.5) is 23.2 Å². The van der Waals surface area contributed by atoms with Crippen LogP contribution in [0.5, 0.6) is 28.7 Å². The highest BCUT2D eigenvalue weighted by Crippen LogP contribution is 2.33. The van der Waals surface area contributed by atoms with Crippen molar-refractivity contribution in [3.63, 3.8) is 0 Å². The molecule has 110 heavy (non-hydrogen) atoms. The zero-order valence-corrected chi connectivity index (χ0v) is 61.9. The Labute approximate surface area is 632 Å². The molecule has 0 bridgehead atoms. The number of amides is 1. The number of rotatable bonds is 11. The lowest BCUT2D eigenvalue weighted by Gasteiger charge is -2.35. The summed E-state index contributed by atoms with van der Waals surface area (Å²) in [7, 11) is 0. The first-order valence-electron chi connectivity index (χ1n) is 36.2. The van der Waals surface area contributed by atoms with Crippen molar-refractivity contribution in [3.8, 4) is 34.8 Å². The summed E-state index contributed by atoms with van der Waals surface area (Å²) >= 11 is 0. The fourth-order valence-corrected chi connectivity index (χ4v) is 14.4. The molecular weight excluding hydrogens is 1420 g/mol. The lowest BCUT2D eigenvalue weighted by Crippen LogP contribution is -2.37. The number of benzene rings is 5. The van der Waals surface area contributed by atoms with Gasteiger partial charge in [-0.1, -0.05) is 54.6 Å². The molecule has 23 nitrogen and oxygen atoms in total. The van der Waals surface area contributed by atoms with E-state index in [1.165, 1.54) is 92.5 Å². The minimum atomic E-state index is -0.471. The standard InChI is InChI=1S/C18H21N3O3.C17H17N3O2.C16H16F2N2O2.2C16H17FN2O2/c1-12(14-4-3-5-15(8-14)19-13(2)22)20-6-7-21-11-18(24)17(23)9-16(21)10-20;1-12(14-4-2-3-13(7-14)9-18)19-5-6-20-11-17(22)16(21)8-15(20)10-19;1-10(13-6-11(17)2-3-14(13)18)19-4-5-20-9-16(22)15(21)7-12(20)8-19;1-11(12-2-4-13(17)5-3-12)18-6-7-19-10-16(21)15(20)8-14(19)9-18;1-11(13-4-2-3-5-14(13)17)18-6-7-19-10-16(21)15(20)8-12(19)9-18/h3-5,8-9,11-12,24H,6-7,10H2,1-2H3,(H,19,22);2-4,7-8,11-12,22H,5-6,10H2,1H3;2-3,6-7,9-10,22H,4-5,8H2,1H3;2*2-5,8,10-11,21H,6-7,9H2,1H3. The van der Waals surface area contributed by atoms with Crippen LogP contribution in [0.15, 0.2) is 201 Å².